The second-order valence-corrected chi connectivity index (χ2v) is 13.4. The quantitative estimate of drug-likeness (QED) is 0.267. The first kappa shape index (κ1) is 32.4. The summed E-state index contributed by atoms with van der Waals surface area (Å²) in [5.41, 5.74) is 1.30. The van der Waals surface area contributed by atoms with Gasteiger partial charge in [-0.25, -0.2) is 8.42 Å². The van der Waals surface area contributed by atoms with E-state index >= 15 is 0 Å². The largest absolute Gasteiger partial charge is 0.350 e. The van der Waals surface area contributed by atoms with Gasteiger partial charge in [-0.1, -0.05) is 79.5 Å². The van der Waals surface area contributed by atoms with Crippen LogP contribution in [0.4, 0.5) is 5.69 Å². The maximum atomic E-state index is 14.2. The minimum absolute atomic E-state index is 0.0282. The SMILES string of the molecule is CCc1ccccc1N(CC(=O)N(Cc1ccc(Cl)c(Cl)c1)[C@H](CC)C(=O)NC(C)(C)C)S(=O)(=O)c1ccccc1. The molecule has 7 nitrogen and oxygen atoms in total. The first-order valence-electron chi connectivity index (χ1n) is 13.5. The second kappa shape index (κ2) is 13.7. The number of para-hydroxylation sites is 1. The maximum Gasteiger partial charge on any atom is 0.264 e. The van der Waals surface area contributed by atoms with E-state index in [2.05, 4.69) is 5.32 Å². The predicted octanol–water partition coefficient (Wildman–Crippen LogP) is 6.47. The van der Waals surface area contributed by atoms with Crippen molar-refractivity contribution in [1.82, 2.24) is 10.2 Å². The number of halogens is 2. The Morgan fingerprint density at radius 2 is 1.54 bits per heavy atom. The Morgan fingerprint density at radius 3 is 2.12 bits per heavy atom. The van der Waals surface area contributed by atoms with Crippen molar-refractivity contribution in [3.05, 3.63) is 94.0 Å². The second-order valence-electron chi connectivity index (χ2n) is 10.7. The number of anilines is 1. The fourth-order valence-electron chi connectivity index (χ4n) is 4.49. The summed E-state index contributed by atoms with van der Waals surface area (Å²) >= 11 is 12.4. The summed E-state index contributed by atoms with van der Waals surface area (Å²) in [6.07, 6.45) is 0.871. The van der Waals surface area contributed by atoms with Crippen LogP contribution in [-0.2, 0) is 32.6 Å². The van der Waals surface area contributed by atoms with Crippen molar-refractivity contribution < 1.29 is 18.0 Å². The summed E-state index contributed by atoms with van der Waals surface area (Å²) in [6, 6.07) is 19.2. The number of carbonyl (C=O) groups excluding carboxylic acids is 2. The van der Waals surface area contributed by atoms with Crippen molar-refractivity contribution in [3.63, 3.8) is 0 Å². The first-order valence-corrected chi connectivity index (χ1v) is 15.7. The molecule has 0 spiro atoms. The summed E-state index contributed by atoms with van der Waals surface area (Å²) in [7, 11) is -4.14. The van der Waals surface area contributed by atoms with E-state index in [1.807, 2.05) is 46.8 Å². The normalized spacial score (nSPS) is 12.5. The maximum absolute atomic E-state index is 14.2. The van der Waals surface area contributed by atoms with E-state index in [1.165, 1.54) is 17.0 Å². The molecule has 1 atom stereocenters. The van der Waals surface area contributed by atoms with E-state index in [1.54, 1.807) is 48.5 Å². The molecule has 0 heterocycles. The van der Waals surface area contributed by atoms with Crippen LogP contribution in [-0.4, -0.2) is 43.3 Å². The van der Waals surface area contributed by atoms with Crippen LogP contribution < -0.4 is 9.62 Å². The number of hydrogen-bond donors (Lipinski definition) is 1. The van der Waals surface area contributed by atoms with Gasteiger partial charge in [0.25, 0.3) is 10.0 Å². The van der Waals surface area contributed by atoms with Gasteiger partial charge >= 0.3 is 0 Å². The molecule has 0 saturated carbocycles. The van der Waals surface area contributed by atoms with Gasteiger partial charge in [0.15, 0.2) is 0 Å². The summed E-state index contributed by atoms with van der Waals surface area (Å²) in [5, 5.41) is 3.64. The molecule has 0 radical (unpaired) electrons. The van der Waals surface area contributed by atoms with Crippen molar-refractivity contribution in [2.75, 3.05) is 10.8 Å². The molecule has 0 aliphatic rings. The number of nitrogens with one attached hydrogen (secondary N) is 1. The third kappa shape index (κ3) is 8.24. The minimum Gasteiger partial charge on any atom is -0.350 e. The molecule has 0 bridgehead atoms. The van der Waals surface area contributed by atoms with Gasteiger partial charge in [0, 0.05) is 12.1 Å². The van der Waals surface area contributed by atoms with Gasteiger partial charge in [-0.3, -0.25) is 13.9 Å². The molecule has 0 saturated heterocycles. The van der Waals surface area contributed by atoms with Gasteiger partial charge < -0.3 is 10.2 Å². The monoisotopic (exact) mass is 617 g/mol. The number of benzene rings is 3. The fourth-order valence-corrected chi connectivity index (χ4v) is 6.29. The lowest BCUT2D eigenvalue weighted by atomic mass is 10.1. The molecule has 220 valence electrons. The lowest BCUT2D eigenvalue weighted by Gasteiger charge is -2.35. The zero-order chi connectivity index (χ0) is 30.4. The highest BCUT2D eigenvalue weighted by Crippen LogP contribution is 2.29. The molecule has 0 aromatic heterocycles. The molecule has 3 rings (SSSR count). The third-order valence-electron chi connectivity index (χ3n) is 6.47. The number of sulfonamides is 1. The zero-order valence-electron chi connectivity index (χ0n) is 24.0. The average molecular weight is 619 g/mol. The summed E-state index contributed by atoms with van der Waals surface area (Å²) in [4.78, 5) is 29.1. The van der Waals surface area contributed by atoms with Gasteiger partial charge in [0.2, 0.25) is 11.8 Å². The number of nitrogens with zero attached hydrogens (tertiary/aromatic N) is 2. The van der Waals surface area contributed by atoms with Crippen LogP contribution in [0.15, 0.2) is 77.7 Å². The van der Waals surface area contributed by atoms with E-state index < -0.39 is 34.1 Å². The Bertz CT molecular complexity index is 1470. The Morgan fingerprint density at radius 1 is 0.902 bits per heavy atom. The lowest BCUT2D eigenvalue weighted by molar-refractivity contribution is -0.141. The van der Waals surface area contributed by atoms with E-state index in [0.717, 1.165) is 9.87 Å². The summed E-state index contributed by atoms with van der Waals surface area (Å²) in [6.45, 7) is 8.84. The number of amides is 2. The van der Waals surface area contributed by atoms with Crippen LogP contribution in [0, 0.1) is 0 Å². The van der Waals surface area contributed by atoms with Crippen molar-refractivity contribution in [2.24, 2.45) is 0 Å². The molecule has 3 aromatic carbocycles. The van der Waals surface area contributed by atoms with E-state index in [4.69, 9.17) is 23.2 Å². The topological polar surface area (TPSA) is 86.8 Å². The fraction of sp³-hybridized carbons (Fsp3) is 0.355. The van der Waals surface area contributed by atoms with Crippen molar-refractivity contribution >= 4 is 50.7 Å². The Labute approximate surface area is 253 Å². The van der Waals surface area contributed by atoms with E-state index in [-0.39, 0.29) is 17.3 Å². The van der Waals surface area contributed by atoms with Crippen LogP contribution in [0.5, 0.6) is 0 Å². The van der Waals surface area contributed by atoms with Gasteiger partial charge in [-0.2, -0.15) is 0 Å². The summed E-state index contributed by atoms with van der Waals surface area (Å²) < 4.78 is 29.1. The standard InChI is InChI=1S/C31H37Cl2N3O4S/c1-6-23-13-11-12-16-28(23)36(41(39,40)24-14-9-8-10-15-24)21-29(37)35(20-22-17-18-25(32)26(33)19-22)27(7-2)30(38)34-31(3,4)5/h8-19,27H,6-7,20-21H2,1-5H3,(H,34,38)/t27-/m1/s1. The average Bonchev–Trinajstić information content (AvgIpc) is 2.92. The van der Waals surface area contributed by atoms with Gasteiger partial charge in [0.1, 0.15) is 12.6 Å². The molecule has 1 N–H and O–H groups in total. The highest BCUT2D eigenvalue weighted by molar-refractivity contribution is 7.92. The van der Waals surface area contributed by atoms with Crippen LogP contribution >= 0.6 is 23.2 Å². The molecule has 2 amide bonds. The Hall–Kier alpha value is -3.07. The first-order chi connectivity index (χ1) is 19.3. The molecular weight excluding hydrogens is 581 g/mol. The number of carbonyl (C=O) groups is 2. The molecule has 0 unspecified atom stereocenters. The predicted molar refractivity (Wildman–Crippen MR) is 166 cm³/mol. The van der Waals surface area contributed by atoms with Gasteiger partial charge in [-0.05, 0) is 75.1 Å². The van der Waals surface area contributed by atoms with Crippen molar-refractivity contribution in [3.8, 4) is 0 Å². The smallest absolute Gasteiger partial charge is 0.264 e. The molecule has 0 aliphatic carbocycles. The number of hydrogen-bond acceptors (Lipinski definition) is 4. The molecule has 0 fully saturated rings. The van der Waals surface area contributed by atoms with Crippen molar-refractivity contribution in [1.29, 1.82) is 0 Å². The Kier molecular flexibility index (Phi) is 10.9. The van der Waals surface area contributed by atoms with Crippen LogP contribution in [0.3, 0.4) is 0 Å². The van der Waals surface area contributed by atoms with Gasteiger partial charge in [0.05, 0.1) is 20.6 Å². The van der Waals surface area contributed by atoms with Crippen LogP contribution in [0.2, 0.25) is 10.0 Å². The zero-order valence-corrected chi connectivity index (χ0v) is 26.4. The number of aryl methyl sites for hydroxylation is 1. The van der Waals surface area contributed by atoms with E-state index in [0.29, 0.717) is 34.1 Å². The molecule has 0 aliphatic heterocycles. The van der Waals surface area contributed by atoms with Crippen LogP contribution in [0.25, 0.3) is 0 Å². The minimum atomic E-state index is -4.14. The molecule has 41 heavy (non-hydrogen) atoms. The highest BCUT2D eigenvalue weighted by atomic mass is 35.5. The summed E-state index contributed by atoms with van der Waals surface area (Å²) in [5.74, 6) is -0.864. The molecular formula is C31H37Cl2N3O4S. The third-order valence-corrected chi connectivity index (χ3v) is 8.99. The number of rotatable bonds is 11. The Balaban J connectivity index is 2.11. The van der Waals surface area contributed by atoms with Crippen molar-refractivity contribution in [2.45, 2.75) is 70.5 Å². The lowest BCUT2D eigenvalue weighted by Crippen LogP contribution is -2.55. The van der Waals surface area contributed by atoms with Crippen LogP contribution in [0.1, 0.15) is 52.2 Å². The molecule has 3 aromatic rings. The van der Waals surface area contributed by atoms with Gasteiger partial charge in [-0.15, -0.1) is 0 Å². The van der Waals surface area contributed by atoms with E-state index in [9.17, 15) is 18.0 Å². The highest BCUT2D eigenvalue weighted by Gasteiger charge is 2.35. The molecule has 10 heteroatoms.